The van der Waals surface area contributed by atoms with Crippen LogP contribution in [0, 0.1) is 5.92 Å². The summed E-state index contributed by atoms with van der Waals surface area (Å²) in [5.41, 5.74) is 2.96. The highest BCUT2D eigenvalue weighted by molar-refractivity contribution is 14.0. The van der Waals surface area contributed by atoms with Gasteiger partial charge >= 0.3 is 0 Å². The first kappa shape index (κ1) is 26.8. The summed E-state index contributed by atoms with van der Waals surface area (Å²) in [6, 6.07) is 13.8. The van der Waals surface area contributed by atoms with Gasteiger partial charge in [0.1, 0.15) is 0 Å². The zero-order valence-corrected chi connectivity index (χ0v) is 22.0. The van der Waals surface area contributed by atoms with Gasteiger partial charge in [-0.1, -0.05) is 37.5 Å². The Bertz CT molecular complexity index is 930. The van der Waals surface area contributed by atoms with Crippen LogP contribution in [0.2, 0.25) is 0 Å². The van der Waals surface area contributed by atoms with Gasteiger partial charge < -0.3 is 25.4 Å². The number of hydrogen-bond acceptors (Lipinski definition) is 4. The Hall–Kier alpha value is -2.49. The predicted octanol–water partition coefficient (Wildman–Crippen LogP) is 4.71. The van der Waals surface area contributed by atoms with Crippen molar-refractivity contribution < 1.29 is 14.3 Å². The quantitative estimate of drug-likeness (QED) is 0.245. The number of carbonyl (C=O) groups excluding carboxylic acids is 1. The van der Waals surface area contributed by atoms with E-state index < -0.39 is 0 Å². The zero-order chi connectivity index (χ0) is 22.8. The van der Waals surface area contributed by atoms with Crippen molar-refractivity contribution in [3.8, 4) is 11.5 Å². The summed E-state index contributed by atoms with van der Waals surface area (Å²) in [6.45, 7) is 1.19. The lowest BCUT2D eigenvalue weighted by Gasteiger charge is -2.21. The molecule has 2 aromatic rings. The minimum absolute atomic E-state index is 0. The van der Waals surface area contributed by atoms with Crippen LogP contribution in [-0.2, 0) is 17.9 Å². The van der Waals surface area contributed by atoms with Gasteiger partial charge in [-0.05, 0) is 48.2 Å². The maximum atomic E-state index is 12.5. The largest absolute Gasteiger partial charge is 0.493 e. The van der Waals surface area contributed by atoms with Crippen molar-refractivity contribution in [2.75, 3.05) is 26.6 Å². The summed E-state index contributed by atoms with van der Waals surface area (Å²) in [5, 5.41) is 9.71. The number of benzene rings is 2. The number of ether oxygens (including phenoxy) is 2. The molecule has 0 spiro atoms. The second-order valence-electron chi connectivity index (χ2n) is 7.99. The molecule has 0 unspecified atom stereocenters. The summed E-state index contributed by atoms with van der Waals surface area (Å²) >= 11 is 0. The number of guanidine groups is 1. The van der Waals surface area contributed by atoms with Crippen molar-refractivity contribution in [3.63, 3.8) is 0 Å². The van der Waals surface area contributed by atoms with Gasteiger partial charge in [0, 0.05) is 31.7 Å². The SMILES string of the molecule is CN=C(NCc1cccc(NC(=O)C2CCCCC2)c1)NCc1ccc(OC)c(OC)c1.I. The van der Waals surface area contributed by atoms with E-state index in [1.807, 2.05) is 42.5 Å². The molecular weight excluding hydrogens is 531 g/mol. The smallest absolute Gasteiger partial charge is 0.227 e. The lowest BCUT2D eigenvalue weighted by Crippen LogP contribution is -2.36. The third-order valence-corrected chi connectivity index (χ3v) is 5.76. The van der Waals surface area contributed by atoms with Crippen LogP contribution in [0.25, 0.3) is 0 Å². The van der Waals surface area contributed by atoms with E-state index in [-0.39, 0.29) is 35.8 Å². The van der Waals surface area contributed by atoms with Gasteiger partial charge in [0.05, 0.1) is 14.2 Å². The van der Waals surface area contributed by atoms with Crippen molar-refractivity contribution >= 4 is 41.5 Å². The second kappa shape index (κ2) is 13.9. The van der Waals surface area contributed by atoms with Gasteiger partial charge in [-0.3, -0.25) is 9.79 Å². The van der Waals surface area contributed by atoms with Crippen molar-refractivity contribution in [3.05, 3.63) is 53.6 Å². The van der Waals surface area contributed by atoms with Crippen LogP contribution < -0.4 is 25.4 Å². The third-order valence-electron chi connectivity index (χ3n) is 5.76. The normalized spacial score (nSPS) is 14.1. The van der Waals surface area contributed by atoms with E-state index in [4.69, 9.17) is 9.47 Å². The summed E-state index contributed by atoms with van der Waals surface area (Å²) in [4.78, 5) is 16.8. The van der Waals surface area contributed by atoms with E-state index in [0.29, 0.717) is 30.5 Å². The fourth-order valence-electron chi connectivity index (χ4n) is 3.95. The minimum atomic E-state index is 0. The Morgan fingerprint density at radius 3 is 2.24 bits per heavy atom. The van der Waals surface area contributed by atoms with Gasteiger partial charge in [-0.15, -0.1) is 24.0 Å². The molecule has 0 aliphatic heterocycles. The molecule has 1 aliphatic carbocycles. The molecule has 33 heavy (non-hydrogen) atoms. The Labute approximate surface area is 213 Å². The van der Waals surface area contributed by atoms with E-state index in [9.17, 15) is 4.79 Å². The highest BCUT2D eigenvalue weighted by atomic mass is 127. The van der Waals surface area contributed by atoms with E-state index in [1.54, 1.807) is 21.3 Å². The molecule has 1 fully saturated rings. The Balaban J connectivity index is 0.00000385. The van der Waals surface area contributed by atoms with Crippen molar-refractivity contribution in [2.45, 2.75) is 45.2 Å². The molecule has 7 nitrogen and oxygen atoms in total. The number of halogens is 1. The number of nitrogens with one attached hydrogen (secondary N) is 3. The number of anilines is 1. The van der Waals surface area contributed by atoms with Crippen LogP contribution in [0.3, 0.4) is 0 Å². The number of carbonyl (C=O) groups is 1. The third kappa shape index (κ3) is 8.10. The molecule has 8 heteroatoms. The summed E-state index contributed by atoms with van der Waals surface area (Å²) < 4.78 is 10.6. The van der Waals surface area contributed by atoms with E-state index in [0.717, 1.165) is 42.5 Å². The lowest BCUT2D eigenvalue weighted by atomic mass is 9.88. The maximum absolute atomic E-state index is 12.5. The topological polar surface area (TPSA) is 84.0 Å². The molecule has 0 bridgehead atoms. The summed E-state index contributed by atoms with van der Waals surface area (Å²) in [6.07, 6.45) is 5.53. The number of hydrogen-bond donors (Lipinski definition) is 3. The predicted molar refractivity (Wildman–Crippen MR) is 144 cm³/mol. The Kier molecular flexibility index (Phi) is 11.3. The molecule has 0 aromatic heterocycles. The van der Waals surface area contributed by atoms with E-state index in [1.165, 1.54) is 6.42 Å². The number of methoxy groups -OCH3 is 2. The highest BCUT2D eigenvalue weighted by Crippen LogP contribution is 2.27. The zero-order valence-electron chi connectivity index (χ0n) is 19.6. The van der Waals surface area contributed by atoms with Crippen molar-refractivity contribution in [1.29, 1.82) is 0 Å². The van der Waals surface area contributed by atoms with Crippen LogP contribution in [0.4, 0.5) is 5.69 Å². The van der Waals surface area contributed by atoms with Crippen LogP contribution in [-0.4, -0.2) is 33.1 Å². The first-order chi connectivity index (χ1) is 15.6. The molecule has 2 aromatic carbocycles. The fraction of sp³-hybridized carbons (Fsp3) is 0.440. The number of rotatable bonds is 8. The number of amides is 1. The molecule has 1 aliphatic rings. The molecular formula is C25H35IN4O3. The average molecular weight is 566 g/mol. The molecule has 1 amide bonds. The van der Waals surface area contributed by atoms with Crippen LogP contribution in [0.1, 0.15) is 43.2 Å². The lowest BCUT2D eigenvalue weighted by molar-refractivity contribution is -0.120. The van der Waals surface area contributed by atoms with Crippen molar-refractivity contribution in [2.24, 2.45) is 10.9 Å². The molecule has 0 saturated heterocycles. The molecule has 0 radical (unpaired) electrons. The van der Waals surface area contributed by atoms with Crippen molar-refractivity contribution in [1.82, 2.24) is 10.6 Å². The maximum Gasteiger partial charge on any atom is 0.227 e. The Morgan fingerprint density at radius 2 is 1.61 bits per heavy atom. The standard InChI is InChI=1S/C25H34N4O3.HI/c1-26-25(28-17-19-12-13-22(31-2)23(15-19)32-3)27-16-18-8-7-11-21(14-18)29-24(30)20-9-5-4-6-10-20;/h7-8,11-15,20H,4-6,9-10,16-17H2,1-3H3,(H,29,30)(H2,26,27,28);1H. The van der Waals surface area contributed by atoms with Gasteiger partial charge in [0.2, 0.25) is 5.91 Å². The minimum Gasteiger partial charge on any atom is -0.493 e. The molecule has 3 rings (SSSR count). The fourth-order valence-corrected chi connectivity index (χ4v) is 3.95. The van der Waals surface area contributed by atoms with Crippen LogP contribution in [0.15, 0.2) is 47.5 Å². The van der Waals surface area contributed by atoms with Crippen LogP contribution >= 0.6 is 24.0 Å². The first-order valence-electron chi connectivity index (χ1n) is 11.2. The van der Waals surface area contributed by atoms with Crippen LogP contribution in [0.5, 0.6) is 11.5 Å². The Morgan fingerprint density at radius 1 is 0.939 bits per heavy atom. The summed E-state index contributed by atoms with van der Waals surface area (Å²) in [7, 11) is 4.99. The van der Waals surface area contributed by atoms with Gasteiger partial charge in [-0.25, -0.2) is 0 Å². The average Bonchev–Trinajstić information content (AvgIpc) is 2.84. The number of nitrogens with zero attached hydrogens (tertiary/aromatic N) is 1. The highest BCUT2D eigenvalue weighted by Gasteiger charge is 2.21. The molecule has 0 heterocycles. The molecule has 0 atom stereocenters. The first-order valence-corrected chi connectivity index (χ1v) is 11.2. The molecule has 3 N–H and O–H groups in total. The van der Waals surface area contributed by atoms with E-state index in [2.05, 4.69) is 20.9 Å². The number of aliphatic imine (C=N–C) groups is 1. The molecule has 180 valence electrons. The van der Waals surface area contributed by atoms with E-state index >= 15 is 0 Å². The second-order valence-corrected chi connectivity index (χ2v) is 7.99. The van der Waals surface area contributed by atoms with Gasteiger partial charge in [0.25, 0.3) is 0 Å². The summed E-state index contributed by atoms with van der Waals surface area (Å²) in [5.74, 6) is 2.37. The molecule has 1 saturated carbocycles. The monoisotopic (exact) mass is 566 g/mol. The van der Waals surface area contributed by atoms with Gasteiger partial charge in [0.15, 0.2) is 17.5 Å². The van der Waals surface area contributed by atoms with Gasteiger partial charge in [-0.2, -0.15) is 0 Å².